The fourth-order valence-electron chi connectivity index (χ4n) is 3.03. The molecule has 0 spiro atoms. The van der Waals surface area contributed by atoms with E-state index in [0.29, 0.717) is 11.4 Å². The summed E-state index contributed by atoms with van der Waals surface area (Å²) in [5.41, 5.74) is -0.221. The van der Waals surface area contributed by atoms with Crippen LogP contribution in [0, 0.1) is 11.3 Å². The number of hydrogen-bond donors (Lipinski definition) is 1. The summed E-state index contributed by atoms with van der Waals surface area (Å²) >= 11 is 0. The van der Waals surface area contributed by atoms with E-state index >= 15 is 0 Å². The predicted molar refractivity (Wildman–Crippen MR) is 81.1 cm³/mol. The van der Waals surface area contributed by atoms with Crippen molar-refractivity contribution in [2.45, 2.75) is 24.7 Å². The van der Waals surface area contributed by atoms with Crippen LogP contribution < -0.4 is 4.90 Å². The van der Waals surface area contributed by atoms with Crippen LogP contribution in [0.1, 0.15) is 29.2 Å². The Bertz CT molecular complexity index is 768. The Morgan fingerprint density at radius 3 is 2.58 bits per heavy atom. The predicted octanol–water partition coefficient (Wildman–Crippen LogP) is 3.28. The molecule has 1 aliphatic heterocycles. The van der Waals surface area contributed by atoms with Gasteiger partial charge in [-0.1, -0.05) is 18.2 Å². The Balaban J connectivity index is 2.01. The third kappa shape index (κ3) is 3.05. The van der Waals surface area contributed by atoms with Gasteiger partial charge < -0.3 is 10.0 Å². The number of halogens is 3. The van der Waals surface area contributed by atoms with Gasteiger partial charge >= 0.3 is 6.18 Å². The summed E-state index contributed by atoms with van der Waals surface area (Å²) in [6.45, 7) is 0.190. The van der Waals surface area contributed by atoms with Crippen molar-refractivity contribution in [1.82, 2.24) is 4.98 Å². The van der Waals surface area contributed by atoms with E-state index in [1.807, 2.05) is 6.07 Å². The van der Waals surface area contributed by atoms with Crippen molar-refractivity contribution in [2.24, 2.45) is 0 Å². The van der Waals surface area contributed by atoms with Gasteiger partial charge in [0.25, 0.3) is 0 Å². The molecule has 24 heavy (non-hydrogen) atoms. The second-order valence-electron chi connectivity index (χ2n) is 5.66. The molecule has 0 unspecified atom stereocenters. The molecule has 0 bridgehead atoms. The van der Waals surface area contributed by atoms with Gasteiger partial charge in [-0.2, -0.15) is 18.4 Å². The summed E-state index contributed by atoms with van der Waals surface area (Å²) in [7, 11) is 0. The van der Waals surface area contributed by atoms with Crippen LogP contribution in [0.5, 0.6) is 0 Å². The lowest BCUT2D eigenvalue weighted by Gasteiger charge is -2.27. The van der Waals surface area contributed by atoms with Gasteiger partial charge in [0.1, 0.15) is 11.9 Å². The van der Waals surface area contributed by atoms with E-state index in [-0.39, 0.29) is 18.5 Å². The van der Waals surface area contributed by atoms with Crippen LogP contribution in [-0.2, 0) is 6.18 Å². The molecule has 0 radical (unpaired) electrons. The number of nitriles is 1. The van der Waals surface area contributed by atoms with E-state index in [2.05, 4.69) is 4.98 Å². The molecule has 1 N–H and O–H groups in total. The zero-order valence-electron chi connectivity index (χ0n) is 12.5. The van der Waals surface area contributed by atoms with E-state index in [0.717, 1.165) is 6.07 Å². The number of aliphatic hydroxyl groups is 1. The number of alkyl halides is 3. The highest BCUT2D eigenvalue weighted by molar-refractivity contribution is 5.48. The van der Waals surface area contributed by atoms with Crippen LogP contribution in [0.4, 0.5) is 19.0 Å². The minimum Gasteiger partial charge on any atom is -0.391 e. The molecular weight excluding hydrogens is 319 g/mol. The van der Waals surface area contributed by atoms with Crippen molar-refractivity contribution in [2.75, 3.05) is 11.4 Å². The average molecular weight is 333 g/mol. The molecule has 1 aromatic heterocycles. The van der Waals surface area contributed by atoms with Gasteiger partial charge in [0.2, 0.25) is 0 Å². The minimum atomic E-state index is -4.46. The van der Waals surface area contributed by atoms with Gasteiger partial charge in [-0.05, 0) is 30.2 Å². The van der Waals surface area contributed by atoms with Crippen LogP contribution in [0.25, 0.3) is 0 Å². The molecule has 124 valence electrons. The minimum absolute atomic E-state index is 0.118. The average Bonchev–Trinajstić information content (AvgIpc) is 2.96. The lowest BCUT2D eigenvalue weighted by Crippen LogP contribution is -2.26. The SMILES string of the molecule is N#Cc1ccc(N2C[C@H](O)C[C@H]2c2ccccc2C(F)(F)F)nc1. The van der Waals surface area contributed by atoms with Gasteiger partial charge in [-0.3, -0.25) is 0 Å². The molecule has 2 atom stereocenters. The van der Waals surface area contributed by atoms with Crippen LogP contribution in [-0.4, -0.2) is 22.7 Å². The highest BCUT2D eigenvalue weighted by Gasteiger charge is 2.40. The first-order valence-electron chi connectivity index (χ1n) is 7.37. The Morgan fingerprint density at radius 1 is 1.21 bits per heavy atom. The first-order chi connectivity index (χ1) is 11.4. The number of benzene rings is 1. The van der Waals surface area contributed by atoms with E-state index in [4.69, 9.17) is 5.26 Å². The lowest BCUT2D eigenvalue weighted by atomic mass is 9.97. The summed E-state index contributed by atoms with van der Waals surface area (Å²) < 4.78 is 39.9. The quantitative estimate of drug-likeness (QED) is 0.916. The monoisotopic (exact) mass is 333 g/mol. The summed E-state index contributed by atoms with van der Waals surface area (Å²) in [5, 5.41) is 18.8. The number of nitrogens with zero attached hydrogens (tertiary/aromatic N) is 3. The van der Waals surface area contributed by atoms with Crippen LogP contribution in [0.3, 0.4) is 0 Å². The Labute approximate surface area is 136 Å². The maximum absolute atomic E-state index is 13.3. The largest absolute Gasteiger partial charge is 0.416 e. The molecule has 0 amide bonds. The molecular formula is C17H14F3N3O. The molecule has 1 fully saturated rings. The molecule has 4 nitrogen and oxygen atoms in total. The number of anilines is 1. The number of aromatic nitrogens is 1. The maximum Gasteiger partial charge on any atom is 0.416 e. The maximum atomic E-state index is 13.3. The number of aliphatic hydroxyl groups excluding tert-OH is 1. The van der Waals surface area contributed by atoms with Crippen molar-refractivity contribution in [1.29, 1.82) is 5.26 Å². The molecule has 1 aliphatic rings. The Hall–Kier alpha value is -2.59. The fraction of sp³-hybridized carbons (Fsp3) is 0.294. The van der Waals surface area contributed by atoms with Gasteiger partial charge in [-0.25, -0.2) is 4.98 Å². The van der Waals surface area contributed by atoms with Gasteiger partial charge in [0.05, 0.1) is 23.3 Å². The van der Waals surface area contributed by atoms with Crippen LogP contribution in [0.15, 0.2) is 42.6 Å². The molecule has 3 rings (SSSR count). The van der Waals surface area contributed by atoms with Gasteiger partial charge in [-0.15, -0.1) is 0 Å². The van der Waals surface area contributed by atoms with E-state index in [9.17, 15) is 18.3 Å². The second kappa shape index (κ2) is 6.13. The van der Waals surface area contributed by atoms with Crippen molar-refractivity contribution in [3.8, 4) is 6.07 Å². The highest BCUT2D eigenvalue weighted by Crippen LogP contribution is 2.41. The highest BCUT2D eigenvalue weighted by atomic mass is 19.4. The lowest BCUT2D eigenvalue weighted by molar-refractivity contribution is -0.138. The molecule has 0 saturated carbocycles. The van der Waals surface area contributed by atoms with Crippen molar-refractivity contribution in [3.63, 3.8) is 0 Å². The normalized spacial score (nSPS) is 20.9. The van der Waals surface area contributed by atoms with Crippen LogP contribution in [0.2, 0.25) is 0 Å². The van der Waals surface area contributed by atoms with E-state index in [1.54, 1.807) is 23.1 Å². The first-order valence-corrected chi connectivity index (χ1v) is 7.37. The van der Waals surface area contributed by atoms with Crippen molar-refractivity contribution in [3.05, 3.63) is 59.3 Å². The van der Waals surface area contributed by atoms with E-state index in [1.165, 1.54) is 18.3 Å². The Kier molecular flexibility index (Phi) is 4.16. The number of β-amino-alcohol motifs (C(OH)–C–C–N with tert-alkyl or cyclic N) is 1. The Morgan fingerprint density at radius 2 is 1.96 bits per heavy atom. The first kappa shape index (κ1) is 16.3. The number of rotatable bonds is 2. The second-order valence-corrected chi connectivity index (χ2v) is 5.66. The fourth-order valence-corrected chi connectivity index (χ4v) is 3.03. The third-order valence-electron chi connectivity index (χ3n) is 4.08. The summed E-state index contributed by atoms with van der Waals surface area (Å²) in [4.78, 5) is 5.79. The summed E-state index contributed by atoms with van der Waals surface area (Å²) in [6, 6.07) is 9.84. The zero-order valence-corrected chi connectivity index (χ0v) is 12.5. The number of hydrogen-bond acceptors (Lipinski definition) is 4. The molecule has 1 aromatic carbocycles. The summed E-state index contributed by atoms with van der Waals surface area (Å²) in [5.74, 6) is 0.438. The van der Waals surface area contributed by atoms with Crippen molar-refractivity contribution >= 4 is 5.82 Å². The summed E-state index contributed by atoms with van der Waals surface area (Å²) in [6.07, 6.45) is -3.65. The van der Waals surface area contributed by atoms with Crippen molar-refractivity contribution < 1.29 is 18.3 Å². The molecule has 0 aliphatic carbocycles. The smallest absolute Gasteiger partial charge is 0.391 e. The third-order valence-corrected chi connectivity index (χ3v) is 4.08. The number of pyridine rings is 1. The van der Waals surface area contributed by atoms with Gasteiger partial charge in [0.15, 0.2) is 0 Å². The molecule has 1 saturated heterocycles. The molecule has 2 aromatic rings. The van der Waals surface area contributed by atoms with Crippen LogP contribution >= 0.6 is 0 Å². The molecule has 7 heteroatoms. The zero-order chi connectivity index (χ0) is 17.3. The molecule has 2 heterocycles. The standard InChI is InChI=1S/C17H14F3N3O/c18-17(19,20)14-4-2-1-3-13(14)15-7-12(24)10-23(15)16-6-5-11(8-21)9-22-16/h1-6,9,12,15,24H,7,10H2/t12-,15+/m1/s1. The van der Waals surface area contributed by atoms with Gasteiger partial charge in [0, 0.05) is 12.7 Å². The van der Waals surface area contributed by atoms with E-state index < -0.39 is 23.9 Å². The topological polar surface area (TPSA) is 60.2 Å².